The van der Waals surface area contributed by atoms with Crippen molar-refractivity contribution in [2.24, 2.45) is 10.8 Å². The molecule has 0 aromatic carbocycles. The van der Waals surface area contributed by atoms with Crippen LogP contribution in [-0.4, -0.2) is 71.7 Å². The molecule has 0 spiro atoms. The summed E-state index contributed by atoms with van der Waals surface area (Å²) in [6.07, 6.45) is 11.0. The van der Waals surface area contributed by atoms with Gasteiger partial charge in [0, 0.05) is 11.6 Å². The number of aliphatic hydroxyl groups excluding tert-OH is 2. The Morgan fingerprint density at radius 3 is 1.35 bits per heavy atom. The van der Waals surface area contributed by atoms with Crippen LogP contribution in [0.5, 0.6) is 0 Å². The Kier molecular flexibility index (Phi) is 26.7. The number of rotatable bonds is 12. The van der Waals surface area contributed by atoms with Crippen LogP contribution in [0.15, 0.2) is 24.8 Å². The van der Waals surface area contributed by atoms with Crippen molar-refractivity contribution in [2.75, 3.05) is 13.2 Å². The van der Waals surface area contributed by atoms with Crippen molar-refractivity contribution in [1.82, 2.24) is 0 Å². The van der Waals surface area contributed by atoms with Crippen molar-refractivity contribution >= 4 is 23.9 Å². The van der Waals surface area contributed by atoms with E-state index in [0.29, 0.717) is 42.1 Å². The van der Waals surface area contributed by atoms with Crippen LogP contribution < -0.4 is 0 Å². The predicted octanol–water partition coefficient (Wildman–Crippen LogP) is 7.96. The first kappa shape index (κ1) is 48.4. The van der Waals surface area contributed by atoms with E-state index in [1.54, 1.807) is 6.92 Å². The zero-order valence-electron chi connectivity index (χ0n) is 32.3. The first-order valence-electron chi connectivity index (χ1n) is 18.1. The van der Waals surface area contributed by atoms with E-state index in [4.69, 9.17) is 14.2 Å². The molecule has 4 unspecified atom stereocenters. The van der Waals surface area contributed by atoms with Gasteiger partial charge in [0.1, 0.15) is 25.4 Å². The smallest absolute Gasteiger partial charge is 0.333 e. The van der Waals surface area contributed by atoms with Crippen molar-refractivity contribution in [3.05, 3.63) is 24.8 Å². The third kappa shape index (κ3) is 29.9. The van der Waals surface area contributed by atoms with Crippen LogP contribution in [0.4, 0.5) is 0 Å². The molecule has 0 aromatic heterocycles. The standard InChI is InChI=1S/C13H20O5.C12H18O5.2C7H16/c1-9(2)13(16)17-8-7-12(15)18-11-6-4-3-5-10(11)14;1-2-11(14)16-8-7-12(15)17-10-6-4-3-5-9(10)13;2*1-5-6-7(2,3)4/h10-11,14H,1,3-8H2,2H3;2,9-10,13H,1,3-8H2;2*5-6H2,1-4H3. The van der Waals surface area contributed by atoms with Gasteiger partial charge in [0.05, 0.1) is 25.0 Å². The van der Waals surface area contributed by atoms with E-state index in [2.05, 4.69) is 73.3 Å². The Labute approximate surface area is 297 Å². The summed E-state index contributed by atoms with van der Waals surface area (Å²) in [6, 6.07) is 0. The normalized spacial score (nSPS) is 20.2. The number of carbonyl (C=O) groups is 4. The lowest BCUT2D eigenvalue weighted by Crippen LogP contribution is -2.34. The van der Waals surface area contributed by atoms with Gasteiger partial charge in [-0.3, -0.25) is 9.59 Å². The molecule has 10 nitrogen and oxygen atoms in total. The van der Waals surface area contributed by atoms with E-state index < -0.39 is 48.3 Å². The Bertz CT molecular complexity index is 944. The zero-order valence-corrected chi connectivity index (χ0v) is 32.3. The lowest BCUT2D eigenvalue weighted by molar-refractivity contribution is -0.160. The molecule has 0 aromatic rings. The average Bonchev–Trinajstić information content (AvgIpc) is 2.99. The topological polar surface area (TPSA) is 146 Å². The second kappa shape index (κ2) is 27.1. The number of hydrogen-bond acceptors (Lipinski definition) is 10. The molecule has 0 radical (unpaired) electrons. The second-order valence-electron chi connectivity index (χ2n) is 15.2. The number of aliphatic hydroxyl groups is 2. The summed E-state index contributed by atoms with van der Waals surface area (Å²) >= 11 is 0. The van der Waals surface area contributed by atoms with Crippen LogP contribution in [-0.2, 0) is 38.1 Å². The summed E-state index contributed by atoms with van der Waals surface area (Å²) in [6.45, 7) is 26.3. The van der Waals surface area contributed by atoms with Gasteiger partial charge in [0.25, 0.3) is 0 Å². The molecular weight excluding hydrogens is 628 g/mol. The fraction of sp³-hybridized carbons (Fsp3) is 0.795. The van der Waals surface area contributed by atoms with Crippen molar-refractivity contribution in [1.29, 1.82) is 0 Å². The van der Waals surface area contributed by atoms with Crippen LogP contribution in [0.25, 0.3) is 0 Å². The fourth-order valence-corrected chi connectivity index (χ4v) is 5.03. The molecule has 2 saturated carbocycles. The van der Waals surface area contributed by atoms with Gasteiger partial charge in [-0.1, -0.05) is 94.2 Å². The maximum Gasteiger partial charge on any atom is 0.333 e. The van der Waals surface area contributed by atoms with E-state index in [1.165, 1.54) is 25.7 Å². The van der Waals surface area contributed by atoms with Gasteiger partial charge in [-0.25, -0.2) is 9.59 Å². The molecule has 0 heterocycles. The molecule has 2 rings (SSSR count). The van der Waals surface area contributed by atoms with Gasteiger partial charge in [-0.05, 0) is 69.1 Å². The highest BCUT2D eigenvalue weighted by molar-refractivity contribution is 5.87. The van der Waals surface area contributed by atoms with E-state index in [9.17, 15) is 29.4 Å². The Morgan fingerprint density at radius 1 is 0.694 bits per heavy atom. The number of ether oxygens (including phenoxy) is 4. The monoisotopic (exact) mass is 698 g/mol. The van der Waals surface area contributed by atoms with Crippen LogP contribution in [0.1, 0.15) is 152 Å². The van der Waals surface area contributed by atoms with Crippen LogP contribution in [0.2, 0.25) is 0 Å². The predicted molar refractivity (Wildman–Crippen MR) is 194 cm³/mol. The minimum Gasteiger partial charge on any atom is -0.462 e. The van der Waals surface area contributed by atoms with E-state index >= 15 is 0 Å². The lowest BCUT2D eigenvalue weighted by Gasteiger charge is -2.27. The molecule has 2 fully saturated rings. The summed E-state index contributed by atoms with van der Waals surface area (Å²) < 4.78 is 19.7. The largest absolute Gasteiger partial charge is 0.462 e. The molecule has 2 N–H and O–H groups in total. The van der Waals surface area contributed by atoms with E-state index in [0.717, 1.165) is 31.8 Å². The molecule has 2 aliphatic carbocycles. The van der Waals surface area contributed by atoms with E-state index in [-0.39, 0.29) is 26.1 Å². The molecule has 0 bridgehead atoms. The third-order valence-electron chi connectivity index (χ3n) is 7.51. The molecule has 0 aliphatic heterocycles. The van der Waals surface area contributed by atoms with Gasteiger partial charge < -0.3 is 29.2 Å². The highest BCUT2D eigenvalue weighted by atomic mass is 16.6. The lowest BCUT2D eigenvalue weighted by atomic mass is 9.91. The minimum atomic E-state index is -0.569. The third-order valence-corrected chi connectivity index (χ3v) is 7.51. The Morgan fingerprint density at radius 2 is 1.06 bits per heavy atom. The Balaban J connectivity index is 0. The number of esters is 4. The summed E-state index contributed by atoms with van der Waals surface area (Å²) in [4.78, 5) is 44.6. The molecule has 10 heteroatoms. The molecule has 286 valence electrons. The highest BCUT2D eigenvalue weighted by Gasteiger charge is 2.27. The molecular formula is C39H70O10. The van der Waals surface area contributed by atoms with Gasteiger partial charge in [-0.2, -0.15) is 0 Å². The molecule has 49 heavy (non-hydrogen) atoms. The molecule has 0 amide bonds. The van der Waals surface area contributed by atoms with E-state index in [1.807, 2.05) is 0 Å². The average molecular weight is 699 g/mol. The summed E-state index contributed by atoms with van der Waals surface area (Å²) in [5.74, 6) is -1.97. The minimum absolute atomic E-state index is 0.00222. The maximum absolute atomic E-state index is 11.5. The van der Waals surface area contributed by atoms with Gasteiger partial charge in [-0.15, -0.1) is 0 Å². The first-order valence-corrected chi connectivity index (χ1v) is 18.1. The quantitative estimate of drug-likeness (QED) is 0.117. The number of carbonyl (C=O) groups excluding carboxylic acids is 4. The van der Waals surface area contributed by atoms with Gasteiger partial charge in [0.2, 0.25) is 0 Å². The van der Waals surface area contributed by atoms with Gasteiger partial charge >= 0.3 is 23.9 Å². The Hall–Kier alpha value is -2.72. The van der Waals surface area contributed by atoms with Crippen molar-refractivity contribution < 1.29 is 48.3 Å². The van der Waals surface area contributed by atoms with Crippen LogP contribution in [0, 0.1) is 10.8 Å². The maximum atomic E-state index is 11.5. The first-order chi connectivity index (χ1) is 22.8. The van der Waals surface area contributed by atoms with Gasteiger partial charge in [0.15, 0.2) is 0 Å². The van der Waals surface area contributed by atoms with Crippen LogP contribution >= 0.6 is 0 Å². The molecule has 0 saturated heterocycles. The van der Waals surface area contributed by atoms with Crippen molar-refractivity contribution in [2.45, 2.75) is 177 Å². The summed E-state index contributed by atoms with van der Waals surface area (Å²) in [5, 5.41) is 19.2. The highest BCUT2D eigenvalue weighted by Crippen LogP contribution is 2.23. The van der Waals surface area contributed by atoms with Crippen molar-refractivity contribution in [3.8, 4) is 0 Å². The van der Waals surface area contributed by atoms with Crippen molar-refractivity contribution in [3.63, 3.8) is 0 Å². The molecule has 4 atom stereocenters. The fourth-order valence-electron chi connectivity index (χ4n) is 5.03. The SMILES string of the molecule is C=C(C)C(=O)OCCC(=O)OC1CCCCC1O.C=CC(=O)OCCC(=O)OC1CCCCC1O.CCCC(C)(C)C.CCCC(C)(C)C. The summed E-state index contributed by atoms with van der Waals surface area (Å²) in [7, 11) is 0. The zero-order chi connectivity index (χ0) is 38.0. The molecule has 2 aliphatic rings. The second-order valence-corrected chi connectivity index (χ2v) is 15.2. The van der Waals surface area contributed by atoms with Crippen LogP contribution in [0.3, 0.4) is 0 Å². The number of hydrogen-bond donors (Lipinski definition) is 2. The summed E-state index contributed by atoms with van der Waals surface area (Å²) in [5.41, 5.74) is 1.40.